The summed E-state index contributed by atoms with van der Waals surface area (Å²) in [6.45, 7) is 9.36. The Balaban J connectivity index is 5.25. The largest absolute Gasteiger partial charge is 0.472 e. The van der Waals surface area contributed by atoms with Crippen LogP contribution in [0.25, 0.3) is 0 Å². The van der Waals surface area contributed by atoms with Crippen molar-refractivity contribution in [3.63, 3.8) is 0 Å². The van der Waals surface area contributed by atoms with Crippen LogP contribution in [-0.2, 0) is 65.4 Å². The zero-order valence-electron chi connectivity index (χ0n) is 56.5. The zero-order chi connectivity index (χ0) is 65.0. The van der Waals surface area contributed by atoms with Crippen LogP contribution >= 0.6 is 15.6 Å². The first-order chi connectivity index (χ1) is 42.4. The highest BCUT2D eigenvalue weighted by Crippen LogP contribution is 2.45. The summed E-state index contributed by atoms with van der Waals surface area (Å²) < 4.78 is 68.1. The minimum Gasteiger partial charge on any atom is -0.462 e. The molecule has 0 rings (SSSR count). The van der Waals surface area contributed by atoms with Crippen LogP contribution in [0.3, 0.4) is 0 Å². The monoisotopic (exact) mass is 1290 g/mol. The quantitative estimate of drug-likeness (QED) is 0.0169. The number of aliphatic hydroxyl groups excluding tert-OH is 1. The van der Waals surface area contributed by atoms with Gasteiger partial charge in [0, 0.05) is 25.7 Å². The van der Waals surface area contributed by atoms with E-state index in [-0.39, 0.29) is 25.7 Å². The second-order valence-electron chi connectivity index (χ2n) is 25.2. The van der Waals surface area contributed by atoms with Crippen molar-refractivity contribution < 1.29 is 80.2 Å². The molecule has 0 saturated heterocycles. The highest BCUT2D eigenvalue weighted by atomic mass is 31.2. The highest BCUT2D eigenvalue weighted by Gasteiger charge is 2.30. The van der Waals surface area contributed by atoms with Crippen molar-refractivity contribution in [2.24, 2.45) is 11.8 Å². The molecule has 3 N–H and O–H groups in total. The number of hydrogen-bond donors (Lipinski definition) is 3. The Morgan fingerprint density at radius 3 is 0.932 bits per heavy atom. The van der Waals surface area contributed by atoms with Gasteiger partial charge in [0.05, 0.1) is 26.4 Å². The molecule has 0 saturated carbocycles. The average molecular weight is 1290 g/mol. The van der Waals surface area contributed by atoms with E-state index in [1.807, 2.05) is 0 Å². The maximum Gasteiger partial charge on any atom is 0.472 e. The molecule has 0 aliphatic heterocycles. The van der Waals surface area contributed by atoms with Crippen LogP contribution in [0.4, 0.5) is 0 Å². The number of phosphoric acid groups is 2. The molecule has 0 radical (unpaired) electrons. The molecule has 0 aliphatic carbocycles. The van der Waals surface area contributed by atoms with Crippen LogP contribution in [0, 0.1) is 11.8 Å². The summed E-state index contributed by atoms with van der Waals surface area (Å²) in [7, 11) is -9.90. The molecule has 0 heterocycles. The van der Waals surface area contributed by atoms with Gasteiger partial charge in [-0.25, -0.2) is 9.13 Å². The molecule has 0 aromatic rings. The summed E-state index contributed by atoms with van der Waals surface area (Å²) in [5.74, 6) is -0.711. The number of ether oxygens (including phenoxy) is 4. The number of carbonyl (C=O) groups excluding carboxylic acids is 4. The predicted octanol–water partition coefficient (Wildman–Crippen LogP) is 19.2. The van der Waals surface area contributed by atoms with Gasteiger partial charge in [0.1, 0.15) is 19.3 Å². The van der Waals surface area contributed by atoms with E-state index in [2.05, 4.69) is 65.8 Å². The Bertz CT molecular complexity index is 1810. The number of unbranched alkanes of at least 4 members (excludes halogenated alkanes) is 33. The SMILES string of the molecule is CCCCCC/C=C\C=C/CCCCCCCC(=O)OC[C@H](COP(=O)(O)OC[C@@H](O)COP(=O)(O)OC[C@@H](COC(=O)CCCCCCCCCC)OC(=O)CCCCCCCCC(C)C)OC(=O)CCCCCCCCCCCCCCCC(C)C. The average Bonchev–Trinajstić information content (AvgIpc) is 3.58. The Morgan fingerprint density at radius 1 is 0.352 bits per heavy atom. The molecular weight excluding hydrogens is 1160 g/mol. The standard InChI is InChI=1S/C69H130O17P2/c1-7-9-11-13-15-17-18-19-20-23-26-29-33-40-46-52-67(72)80-57-64(85-68(73)53-47-41-34-30-27-24-21-22-25-28-31-37-43-49-61(3)4)59-83-87(75,76)81-55-63(70)56-82-88(77,78)84-60-65(58-79-66(71)51-45-39-32-16-14-12-10-8-2)86-69(74)54-48-42-36-35-38-44-50-62(5)6/h17-20,61-65,70H,7-16,21-60H2,1-6H3,(H,75,76)(H,77,78)/b18-17-,20-19-/t63-,64-,65-/m1/s1. The molecule has 19 heteroatoms. The second-order valence-corrected chi connectivity index (χ2v) is 28.1. The molecule has 0 aliphatic rings. The van der Waals surface area contributed by atoms with Crippen molar-refractivity contribution >= 4 is 39.5 Å². The van der Waals surface area contributed by atoms with E-state index in [4.69, 9.17) is 37.0 Å². The van der Waals surface area contributed by atoms with Gasteiger partial charge in [0.15, 0.2) is 12.2 Å². The molecule has 0 spiro atoms. The first kappa shape index (κ1) is 85.5. The van der Waals surface area contributed by atoms with Crippen molar-refractivity contribution in [3.8, 4) is 0 Å². The topological polar surface area (TPSA) is 237 Å². The summed E-state index contributed by atoms with van der Waals surface area (Å²) in [5, 5.41) is 10.6. The second kappa shape index (κ2) is 60.8. The van der Waals surface area contributed by atoms with Crippen LogP contribution in [0.15, 0.2) is 24.3 Å². The van der Waals surface area contributed by atoms with Gasteiger partial charge < -0.3 is 33.8 Å². The minimum absolute atomic E-state index is 0.0995. The van der Waals surface area contributed by atoms with E-state index >= 15 is 0 Å². The lowest BCUT2D eigenvalue weighted by Crippen LogP contribution is -2.30. The van der Waals surface area contributed by atoms with Crippen molar-refractivity contribution in [2.45, 2.75) is 342 Å². The van der Waals surface area contributed by atoms with Gasteiger partial charge in [-0.1, -0.05) is 271 Å². The first-order valence-electron chi connectivity index (χ1n) is 35.3. The van der Waals surface area contributed by atoms with E-state index in [0.29, 0.717) is 31.6 Å². The van der Waals surface area contributed by atoms with Gasteiger partial charge >= 0.3 is 39.5 Å². The summed E-state index contributed by atoms with van der Waals surface area (Å²) in [6, 6.07) is 0. The fourth-order valence-electron chi connectivity index (χ4n) is 9.87. The van der Waals surface area contributed by atoms with Gasteiger partial charge in [-0.15, -0.1) is 0 Å². The third kappa shape index (κ3) is 62.4. The Labute approximate surface area is 535 Å². The fourth-order valence-corrected chi connectivity index (χ4v) is 11.5. The molecule has 0 fully saturated rings. The number of carbonyl (C=O) groups is 4. The molecule has 518 valence electrons. The number of rotatable bonds is 66. The van der Waals surface area contributed by atoms with E-state index in [9.17, 15) is 43.2 Å². The summed E-state index contributed by atoms with van der Waals surface area (Å²) >= 11 is 0. The normalized spacial score (nSPS) is 14.4. The number of aliphatic hydroxyl groups is 1. The molecule has 17 nitrogen and oxygen atoms in total. The predicted molar refractivity (Wildman–Crippen MR) is 354 cm³/mol. The molecule has 0 bridgehead atoms. The number of phosphoric ester groups is 2. The van der Waals surface area contributed by atoms with Gasteiger partial charge in [-0.05, 0) is 63.2 Å². The Morgan fingerprint density at radius 2 is 0.614 bits per heavy atom. The molecule has 0 amide bonds. The third-order valence-electron chi connectivity index (χ3n) is 15.3. The van der Waals surface area contributed by atoms with Crippen LogP contribution in [0.5, 0.6) is 0 Å². The number of allylic oxidation sites excluding steroid dienone is 4. The maximum atomic E-state index is 13.0. The van der Waals surface area contributed by atoms with E-state index in [1.54, 1.807) is 0 Å². The molecule has 2 unspecified atom stereocenters. The first-order valence-corrected chi connectivity index (χ1v) is 38.3. The Hall–Kier alpha value is -2.46. The molecule has 5 atom stereocenters. The number of hydrogen-bond acceptors (Lipinski definition) is 15. The van der Waals surface area contributed by atoms with Crippen molar-refractivity contribution in [2.75, 3.05) is 39.6 Å². The van der Waals surface area contributed by atoms with Crippen LogP contribution in [0.2, 0.25) is 0 Å². The van der Waals surface area contributed by atoms with Gasteiger partial charge in [-0.2, -0.15) is 0 Å². The minimum atomic E-state index is -4.96. The number of esters is 4. The van der Waals surface area contributed by atoms with Crippen molar-refractivity contribution in [1.82, 2.24) is 0 Å². The van der Waals surface area contributed by atoms with Gasteiger partial charge in [0.25, 0.3) is 0 Å². The van der Waals surface area contributed by atoms with Gasteiger partial charge in [-0.3, -0.25) is 37.3 Å². The summed E-state index contributed by atoms with van der Waals surface area (Å²) in [6.07, 6.45) is 48.3. The molecule has 0 aromatic carbocycles. The van der Waals surface area contributed by atoms with E-state index in [1.165, 1.54) is 116 Å². The third-order valence-corrected chi connectivity index (χ3v) is 17.2. The lowest BCUT2D eigenvalue weighted by molar-refractivity contribution is -0.161. The van der Waals surface area contributed by atoms with E-state index in [0.717, 1.165) is 121 Å². The van der Waals surface area contributed by atoms with Crippen molar-refractivity contribution in [3.05, 3.63) is 24.3 Å². The smallest absolute Gasteiger partial charge is 0.462 e. The lowest BCUT2D eigenvalue weighted by atomic mass is 10.0. The van der Waals surface area contributed by atoms with Crippen LogP contribution in [-0.4, -0.2) is 96.7 Å². The highest BCUT2D eigenvalue weighted by molar-refractivity contribution is 7.47. The van der Waals surface area contributed by atoms with Crippen LogP contribution < -0.4 is 0 Å². The summed E-state index contributed by atoms with van der Waals surface area (Å²) in [5.41, 5.74) is 0. The van der Waals surface area contributed by atoms with Gasteiger partial charge in [0.2, 0.25) is 0 Å². The van der Waals surface area contributed by atoms with Crippen LogP contribution in [0.1, 0.15) is 324 Å². The maximum absolute atomic E-state index is 13.0. The summed E-state index contributed by atoms with van der Waals surface area (Å²) in [4.78, 5) is 72.3. The van der Waals surface area contributed by atoms with Crippen molar-refractivity contribution in [1.29, 1.82) is 0 Å². The van der Waals surface area contributed by atoms with E-state index < -0.39 is 97.5 Å². The zero-order valence-corrected chi connectivity index (χ0v) is 58.3. The Kier molecular flexibility index (Phi) is 59.1. The fraction of sp³-hybridized carbons (Fsp3) is 0.884. The molecular formula is C69H130O17P2. The lowest BCUT2D eigenvalue weighted by Gasteiger charge is -2.21. The molecule has 0 aromatic heterocycles. The molecule has 88 heavy (non-hydrogen) atoms.